The maximum atomic E-state index is 2.41. The van der Waals surface area contributed by atoms with Gasteiger partial charge >= 0.3 is 0 Å². The Kier molecular flexibility index (Phi) is 3.25. The molecule has 0 heterocycles. The predicted octanol–water partition coefficient (Wildman–Crippen LogP) is 4.39. The number of hydrogen-bond acceptors (Lipinski definition) is 0. The van der Waals surface area contributed by atoms with E-state index in [0.29, 0.717) is 5.92 Å². The van der Waals surface area contributed by atoms with Crippen LogP contribution in [0, 0.1) is 11.8 Å². The molecule has 0 bridgehead atoms. The summed E-state index contributed by atoms with van der Waals surface area (Å²) in [6.07, 6.45) is 7.44. The van der Waals surface area contributed by atoms with E-state index in [1.807, 2.05) is 0 Å². The zero-order valence-corrected chi connectivity index (χ0v) is 9.69. The van der Waals surface area contributed by atoms with E-state index in [2.05, 4.69) is 56.3 Å². The van der Waals surface area contributed by atoms with Crippen molar-refractivity contribution >= 4 is 0 Å². The molecule has 0 fully saturated rings. The van der Waals surface area contributed by atoms with Crippen LogP contribution in [0.1, 0.15) is 38.2 Å². The minimum Gasteiger partial charge on any atom is -0.0848 e. The monoisotopic (exact) mass is 200 g/mol. The summed E-state index contributed by atoms with van der Waals surface area (Å²) in [6.45, 7) is 4.69. The van der Waals surface area contributed by atoms with E-state index in [1.54, 1.807) is 0 Å². The molecule has 0 saturated carbocycles. The largest absolute Gasteiger partial charge is 0.0848 e. The second-order valence-electron chi connectivity index (χ2n) is 4.82. The van der Waals surface area contributed by atoms with E-state index < -0.39 is 0 Å². The molecule has 1 aliphatic carbocycles. The average molecular weight is 200 g/mol. The fraction of sp³-hybridized carbons (Fsp3) is 0.467. The number of allylic oxidation sites excluding steroid dienone is 2. The first-order chi connectivity index (χ1) is 7.27. The van der Waals surface area contributed by atoms with Gasteiger partial charge in [-0.1, -0.05) is 56.3 Å². The van der Waals surface area contributed by atoms with E-state index in [-0.39, 0.29) is 0 Å². The molecule has 3 atom stereocenters. The van der Waals surface area contributed by atoms with Crippen molar-refractivity contribution in [2.24, 2.45) is 11.8 Å². The third kappa shape index (κ3) is 2.50. The molecule has 1 aromatic rings. The van der Waals surface area contributed by atoms with Gasteiger partial charge in [0.15, 0.2) is 0 Å². The van der Waals surface area contributed by atoms with Crippen molar-refractivity contribution in [3.8, 4) is 0 Å². The molecule has 0 aliphatic heterocycles. The van der Waals surface area contributed by atoms with Crippen LogP contribution in [0.2, 0.25) is 0 Å². The molecular formula is C15H20. The normalized spacial score (nSPS) is 31.2. The van der Waals surface area contributed by atoms with Crippen LogP contribution >= 0.6 is 0 Å². The zero-order valence-electron chi connectivity index (χ0n) is 9.69. The Hall–Kier alpha value is -1.04. The summed E-state index contributed by atoms with van der Waals surface area (Å²) in [5.74, 6) is 2.20. The van der Waals surface area contributed by atoms with Crippen LogP contribution in [-0.2, 0) is 0 Å². The van der Waals surface area contributed by atoms with E-state index in [4.69, 9.17) is 0 Å². The van der Waals surface area contributed by atoms with Crippen molar-refractivity contribution in [1.29, 1.82) is 0 Å². The van der Waals surface area contributed by atoms with Crippen molar-refractivity contribution in [2.75, 3.05) is 0 Å². The van der Waals surface area contributed by atoms with Gasteiger partial charge < -0.3 is 0 Å². The predicted molar refractivity (Wildman–Crippen MR) is 65.9 cm³/mol. The molecule has 0 heteroatoms. The number of benzene rings is 1. The van der Waals surface area contributed by atoms with Crippen LogP contribution in [-0.4, -0.2) is 0 Å². The van der Waals surface area contributed by atoms with Gasteiger partial charge in [0.05, 0.1) is 0 Å². The number of rotatable bonds is 1. The number of hydrogen-bond donors (Lipinski definition) is 0. The fourth-order valence-corrected chi connectivity index (χ4v) is 2.28. The lowest BCUT2D eigenvalue weighted by molar-refractivity contribution is 0.422. The van der Waals surface area contributed by atoms with Gasteiger partial charge in [-0.15, -0.1) is 0 Å². The first-order valence-corrected chi connectivity index (χ1v) is 6.00. The van der Waals surface area contributed by atoms with Crippen LogP contribution in [0.3, 0.4) is 0 Å². The fourth-order valence-electron chi connectivity index (χ4n) is 2.28. The topological polar surface area (TPSA) is 0 Å². The lowest BCUT2D eigenvalue weighted by Gasteiger charge is -2.14. The van der Waals surface area contributed by atoms with Crippen LogP contribution in [0.4, 0.5) is 0 Å². The highest BCUT2D eigenvalue weighted by Gasteiger charge is 2.17. The second-order valence-corrected chi connectivity index (χ2v) is 4.82. The van der Waals surface area contributed by atoms with Gasteiger partial charge in [-0.25, -0.2) is 0 Å². The lowest BCUT2D eigenvalue weighted by atomic mass is 9.91. The quantitative estimate of drug-likeness (QED) is 0.590. The Balaban J connectivity index is 2.15. The first-order valence-electron chi connectivity index (χ1n) is 6.00. The molecule has 1 aromatic carbocycles. The van der Waals surface area contributed by atoms with E-state index >= 15 is 0 Å². The smallest absolute Gasteiger partial charge is 0.00181 e. The molecule has 0 N–H and O–H groups in total. The lowest BCUT2D eigenvalue weighted by Crippen LogP contribution is -2.03. The molecule has 2 rings (SSSR count). The Labute approximate surface area is 93.0 Å². The summed E-state index contributed by atoms with van der Waals surface area (Å²) in [7, 11) is 0. The minimum absolute atomic E-state index is 0.638. The van der Waals surface area contributed by atoms with Crippen LogP contribution in [0.25, 0.3) is 0 Å². The van der Waals surface area contributed by atoms with Gasteiger partial charge in [0.1, 0.15) is 0 Å². The Bertz CT molecular complexity index is 323. The maximum Gasteiger partial charge on any atom is 0.00181 e. The molecule has 80 valence electrons. The maximum absolute atomic E-state index is 2.41. The van der Waals surface area contributed by atoms with Crippen molar-refractivity contribution in [3.05, 3.63) is 48.0 Å². The van der Waals surface area contributed by atoms with E-state index in [0.717, 1.165) is 11.8 Å². The van der Waals surface area contributed by atoms with E-state index in [9.17, 15) is 0 Å². The summed E-state index contributed by atoms with van der Waals surface area (Å²) >= 11 is 0. The van der Waals surface area contributed by atoms with Gasteiger partial charge in [-0.3, -0.25) is 0 Å². The molecule has 0 spiro atoms. The molecular weight excluding hydrogens is 180 g/mol. The summed E-state index contributed by atoms with van der Waals surface area (Å²) < 4.78 is 0. The highest BCUT2D eigenvalue weighted by molar-refractivity contribution is 5.24. The van der Waals surface area contributed by atoms with Crippen molar-refractivity contribution in [1.82, 2.24) is 0 Å². The molecule has 0 amide bonds. The van der Waals surface area contributed by atoms with Crippen LogP contribution in [0.15, 0.2) is 42.5 Å². The Morgan fingerprint density at radius 1 is 0.933 bits per heavy atom. The third-order valence-corrected chi connectivity index (χ3v) is 3.71. The SMILES string of the molecule is C[C@@H]1C=CC(c2ccccc2)CC[C@H]1C. The molecule has 1 unspecified atom stereocenters. The summed E-state index contributed by atoms with van der Waals surface area (Å²) in [5, 5.41) is 0. The second kappa shape index (κ2) is 4.65. The highest BCUT2D eigenvalue weighted by atomic mass is 14.2. The van der Waals surface area contributed by atoms with Gasteiger partial charge in [0.2, 0.25) is 0 Å². The van der Waals surface area contributed by atoms with Crippen molar-refractivity contribution in [2.45, 2.75) is 32.6 Å². The molecule has 0 radical (unpaired) electrons. The van der Waals surface area contributed by atoms with Gasteiger partial charge in [-0.2, -0.15) is 0 Å². The first kappa shape index (κ1) is 10.5. The Morgan fingerprint density at radius 3 is 2.40 bits per heavy atom. The molecule has 0 aromatic heterocycles. The highest BCUT2D eigenvalue weighted by Crippen LogP contribution is 2.31. The zero-order chi connectivity index (χ0) is 10.7. The standard InChI is InChI=1S/C15H20/c1-12-8-10-15(11-9-13(12)2)14-6-4-3-5-7-14/h3-8,10,12-13,15H,9,11H2,1-2H3/t12-,13-,15?/m1/s1. The summed E-state index contributed by atoms with van der Waals surface area (Å²) in [6, 6.07) is 10.9. The average Bonchev–Trinajstić information content (AvgIpc) is 2.44. The summed E-state index contributed by atoms with van der Waals surface area (Å²) in [4.78, 5) is 0. The summed E-state index contributed by atoms with van der Waals surface area (Å²) in [5.41, 5.74) is 1.47. The molecule has 0 saturated heterocycles. The van der Waals surface area contributed by atoms with Gasteiger partial charge in [-0.05, 0) is 30.2 Å². The van der Waals surface area contributed by atoms with Gasteiger partial charge in [0.25, 0.3) is 0 Å². The van der Waals surface area contributed by atoms with E-state index in [1.165, 1.54) is 18.4 Å². The third-order valence-electron chi connectivity index (χ3n) is 3.71. The van der Waals surface area contributed by atoms with Crippen molar-refractivity contribution < 1.29 is 0 Å². The molecule has 15 heavy (non-hydrogen) atoms. The van der Waals surface area contributed by atoms with Crippen LogP contribution in [0.5, 0.6) is 0 Å². The van der Waals surface area contributed by atoms with Crippen molar-refractivity contribution in [3.63, 3.8) is 0 Å². The minimum atomic E-state index is 0.638. The van der Waals surface area contributed by atoms with Crippen LogP contribution < -0.4 is 0 Å². The van der Waals surface area contributed by atoms with Gasteiger partial charge in [0, 0.05) is 5.92 Å². The Morgan fingerprint density at radius 2 is 1.67 bits per heavy atom. The molecule has 1 aliphatic rings. The molecule has 0 nitrogen and oxygen atoms in total.